The highest BCUT2D eigenvalue weighted by Gasteiger charge is 2.20. The quantitative estimate of drug-likeness (QED) is 0.535. The van der Waals surface area contributed by atoms with E-state index in [1.807, 2.05) is 0 Å². The number of ether oxygens (including phenoxy) is 1. The third kappa shape index (κ3) is 7.76. The highest BCUT2D eigenvalue weighted by Crippen LogP contribution is 2.11. The summed E-state index contributed by atoms with van der Waals surface area (Å²) in [6, 6.07) is 5.24. The first-order valence-electron chi connectivity index (χ1n) is 8.60. The van der Waals surface area contributed by atoms with Crippen molar-refractivity contribution in [1.29, 1.82) is 0 Å². The fourth-order valence-corrected chi connectivity index (χ4v) is 1.97. The predicted octanol–water partition coefficient (Wildman–Crippen LogP) is 0.901. The lowest BCUT2D eigenvalue weighted by molar-refractivity contribution is -0.130. The van der Waals surface area contributed by atoms with Gasteiger partial charge in [-0.05, 0) is 31.5 Å². The standard InChI is InChI=1S/C18H26N4O5/c1-5-15(23)20-11(2)16(24)21-12(3)17(25)22-14-8-6-13(7-9-14)10-27-18(26)19-4/h6-9,11-12H,5,10H2,1-4H3,(H,19,26)(H,20,23)(H,21,24)(H,22,25)/t11-,12-/m0/s1. The van der Waals surface area contributed by atoms with Gasteiger partial charge in [-0.1, -0.05) is 19.1 Å². The van der Waals surface area contributed by atoms with Gasteiger partial charge in [0.1, 0.15) is 18.7 Å². The number of anilines is 1. The van der Waals surface area contributed by atoms with Crippen LogP contribution in [0.15, 0.2) is 24.3 Å². The molecule has 4 N–H and O–H groups in total. The number of nitrogens with one attached hydrogen (secondary N) is 4. The molecule has 27 heavy (non-hydrogen) atoms. The lowest BCUT2D eigenvalue weighted by atomic mass is 10.2. The second-order valence-electron chi connectivity index (χ2n) is 5.89. The molecule has 1 rings (SSSR count). The van der Waals surface area contributed by atoms with E-state index in [4.69, 9.17) is 4.74 Å². The SMILES string of the molecule is CCC(=O)N[C@@H](C)C(=O)N[C@@H](C)C(=O)Nc1ccc(COC(=O)NC)cc1. The highest BCUT2D eigenvalue weighted by atomic mass is 16.5. The maximum atomic E-state index is 12.2. The van der Waals surface area contributed by atoms with E-state index in [0.717, 1.165) is 5.56 Å². The Kier molecular flexibility index (Phi) is 8.77. The van der Waals surface area contributed by atoms with Gasteiger partial charge in [-0.25, -0.2) is 4.79 Å². The van der Waals surface area contributed by atoms with Crippen LogP contribution < -0.4 is 21.3 Å². The van der Waals surface area contributed by atoms with Crippen LogP contribution in [0.4, 0.5) is 10.5 Å². The van der Waals surface area contributed by atoms with E-state index in [0.29, 0.717) is 5.69 Å². The maximum absolute atomic E-state index is 12.2. The van der Waals surface area contributed by atoms with Crippen LogP contribution in [0.5, 0.6) is 0 Å². The molecule has 0 bridgehead atoms. The number of alkyl carbamates (subject to hydrolysis) is 1. The van der Waals surface area contributed by atoms with E-state index in [-0.39, 0.29) is 18.9 Å². The summed E-state index contributed by atoms with van der Waals surface area (Å²) in [7, 11) is 1.47. The van der Waals surface area contributed by atoms with Crippen molar-refractivity contribution in [3.8, 4) is 0 Å². The Morgan fingerprint density at radius 3 is 2.11 bits per heavy atom. The van der Waals surface area contributed by atoms with Crippen molar-refractivity contribution < 1.29 is 23.9 Å². The minimum Gasteiger partial charge on any atom is -0.445 e. The Morgan fingerprint density at radius 1 is 0.963 bits per heavy atom. The Bertz CT molecular complexity index is 675. The molecule has 0 spiro atoms. The maximum Gasteiger partial charge on any atom is 0.407 e. The van der Waals surface area contributed by atoms with E-state index < -0.39 is 30.0 Å². The summed E-state index contributed by atoms with van der Waals surface area (Å²) in [6.07, 6.45) is -0.251. The molecule has 0 unspecified atom stereocenters. The molecule has 1 aromatic rings. The van der Waals surface area contributed by atoms with E-state index in [9.17, 15) is 19.2 Å². The minimum absolute atomic E-state index is 0.113. The molecule has 0 aliphatic heterocycles. The average molecular weight is 378 g/mol. The molecule has 0 heterocycles. The Labute approximate surface area is 158 Å². The molecule has 1 aromatic carbocycles. The van der Waals surface area contributed by atoms with Crippen molar-refractivity contribution in [3.63, 3.8) is 0 Å². The van der Waals surface area contributed by atoms with Crippen LogP contribution in [-0.4, -0.2) is 42.9 Å². The summed E-state index contributed by atoms with van der Waals surface area (Å²) in [6.45, 7) is 4.90. The molecule has 4 amide bonds. The summed E-state index contributed by atoms with van der Waals surface area (Å²) in [5, 5.41) is 10.1. The van der Waals surface area contributed by atoms with Gasteiger partial charge in [0.15, 0.2) is 0 Å². The van der Waals surface area contributed by atoms with Gasteiger partial charge in [0.2, 0.25) is 17.7 Å². The van der Waals surface area contributed by atoms with Crippen molar-refractivity contribution in [2.45, 2.75) is 45.9 Å². The Hall–Kier alpha value is -3.10. The van der Waals surface area contributed by atoms with E-state index in [1.165, 1.54) is 7.05 Å². The molecular weight excluding hydrogens is 352 g/mol. The fourth-order valence-electron chi connectivity index (χ4n) is 1.97. The number of hydrogen-bond donors (Lipinski definition) is 4. The number of hydrogen-bond acceptors (Lipinski definition) is 5. The second-order valence-corrected chi connectivity index (χ2v) is 5.89. The van der Waals surface area contributed by atoms with Gasteiger partial charge in [0.05, 0.1) is 0 Å². The van der Waals surface area contributed by atoms with Gasteiger partial charge in [-0.15, -0.1) is 0 Å². The fraction of sp³-hybridized carbons (Fsp3) is 0.444. The van der Waals surface area contributed by atoms with Gasteiger partial charge >= 0.3 is 6.09 Å². The van der Waals surface area contributed by atoms with E-state index >= 15 is 0 Å². The molecule has 0 fully saturated rings. The molecule has 0 saturated carbocycles. The zero-order chi connectivity index (χ0) is 20.4. The average Bonchev–Trinajstić information content (AvgIpc) is 2.66. The number of amides is 4. The first kappa shape index (κ1) is 21.9. The summed E-state index contributed by atoms with van der Waals surface area (Å²) in [4.78, 5) is 46.6. The number of carbonyl (C=O) groups excluding carboxylic acids is 4. The van der Waals surface area contributed by atoms with Gasteiger partial charge < -0.3 is 26.0 Å². The van der Waals surface area contributed by atoms with Crippen LogP contribution in [0, 0.1) is 0 Å². The van der Waals surface area contributed by atoms with Crippen LogP contribution in [0.1, 0.15) is 32.8 Å². The minimum atomic E-state index is -0.783. The third-order valence-electron chi connectivity index (χ3n) is 3.64. The van der Waals surface area contributed by atoms with Gasteiger partial charge in [0, 0.05) is 19.2 Å². The van der Waals surface area contributed by atoms with Gasteiger partial charge in [-0.3, -0.25) is 14.4 Å². The summed E-state index contributed by atoms with van der Waals surface area (Å²) < 4.78 is 4.92. The zero-order valence-corrected chi connectivity index (χ0v) is 15.9. The third-order valence-corrected chi connectivity index (χ3v) is 3.64. The molecule has 9 heteroatoms. The number of carbonyl (C=O) groups is 4. The second kappa shape index (κ2) is 10.8. The van der Waals surface area contributed by atoms with Crippen LogP contribution in [0.2, 0.25) is 0 Å². The molecule has 0 aliphatic rings. The van der Waals surface area contributed by atoms with Crippen LogP contribution in [-0.2, 0) is 25.7 Å². The largest absolute Gasteiger partial charge is 0.445 e. The molecule has 0 radical (unpaired) electrons. The molecule has 9 nitrogen and oxygen atoms in total. The van der Waals surface area contributed by atoms with E-state index in [1.54, 1.807) is 45.0 Å². The van der Waals surface area contributed by atoms with Crippen LogP contribution in [0.3, 0.4) is 0 Å². The van der Waals surface area contributed by atoms with E-state index in [2.05, 4.69) is 21.3 Å². The van der Waals surface area contributed by atoms with Crippen molar-refractivity contribution in [2.75, 3.05) is 12.4 Å². The summed E-state index contributed by atoms with van der Waals surface area (Å²) in [5.41, 5.74) is 1.30. The molecule has 0 saturated heterocycles. The Balaban J connectivity index is 2.51. The van der Waals surface area contributed by atoms with Crippen molar-refractivity contribution in [1.82, 2.24) is 16.0 Å². The van der Waals surface area contributed by atoms with Gasteiger partial charge in [0.25, 0.3) is 0 Å². The molecule has 0 aliphatic carbocycles. The van der Waals surface area contributed by atoms with Crippen LogP contribution >= 0.6 is 0 Å². The predicted molar refractivity (Wildman–Crippen MR) is 99.8 cm³/mol. The molecule has 0 aromatic heterocycles. The lowest BCUT2D eigenvalue weighted by Crippen LogP contribution is -2.50. The first-order chi connectivity index (χ1) is 12.8. The van der Waals surface area contributed by atoms with Crippen molar-refractivity contribution in [3.05, 3.63) is 29.8 Å². The summed E-state index contributed by atoms with van der Waals surface area (Å²) >= 11 is 0. The molecule has 148 valence electrons. The first-order valence-corrected chi connectivity index (χ1v) is 8.60. The van der Waals surface area contributed by atoms with Crippen LogP contribution in [0.25, 0.3) is 0 Å². The zero-order valence-electron chi connectivity index (χ0n) is 15.9. The topological polar surface area (TPSA) is 126 Å². The number of rotatable bonds is 8. The highest BCUT2D eigenvalue weighted by molar-refractivity contribution is 5.98. The van der Waals surface area contributed by atoms with Crippen molar-refractivity contribution >= 4 is 29.5 Å². The number of benzene rings is 1. The van der Waals surface area contributed by atoms with Crippen molar-refractivity contribution in [2.24, 2.45) is 0 Å². The molecular formula is C18H26N4O5. The lowest BCUT2D eigenvalue weighted by Gasteiger charge is -2.18. The smallest absolute Gasteiger partial charge is 0.407 e. The summed E-state index contributed by atoms with van der Waals surface area (Å²) in [5.74, 6) is -1.08. The Morgan fingerprint density at radius 2 is 1.56 bits per heavy atom. The normalized spacial score (nSPS) is 12.3. The monoisotopic (exact) mass is 378 g/mol. The molecule has 2 atom stereocenters. The van der Waals surface area contributed by atoms with Gasteiger partial charge in [-0.2, -0.15) is 0 Å².